The summed E-state index contributed by atoms with van der Waals surface area (Å²) in [6.07, 6.45) is 5.53. The van der Waals surface area contributed by atoms with Crippen LogP contribution in [0.5, 0.6) is 0 Å². The number of unbranched alkanes of at least 4 members (excludes halogenated alkanes) is 3. The highest BCUT2D eigenvalue weighted by atomic mass is 16.4. The summed E-state index contributed by atoms with van der Waals surface area (Å²) in [6, 6.07) is 0. The van der Waals surface area contributed by atoms with Crippen LogP contribution in [0.25, 0.3) is 0 Å². The van der Waals surface area contributed by atoms with E-state index < -0.39 is 11.9 Å². The Morgan fingerprint density at radius 2 is 0.682 bits per heavy atom. The number of Topliss-reactive ketones (excluding diaryl/α,β-unsaturated/α-hetero) is 2. The van der Waals surface area contributed by atoms with Crippen molar-refractivity contribution in [2.24, 2.45) is 0 Å². The van der Waals surface area contributed by atoms with Crippen molar-refractivity contribution in [3.63, 3.8) is 0 Å². The molecule has 0 saturated heterocycles. The Labute approximate surface area is 130 Å². The zero-order valence-electron chi connectivity index (χ0n) is 13.0. The Balaban J connectivity index is 3.43. The normalized spacial score (nSPS) is 10.4. The first kappa shape index (κ1) is 20.3. The number of ketones is 2. The van der Waals surface area contributed by atoms with Gasteiger partial charge in [0.2, 0.25) is 0 Å². The fourth-order valence-corrected chi connectivity index (χ4v) is 2.09. The molecule has 0 unspecified atom stereocenters. The predicted molar refractivity (Wildman–Crippen MR) is 80.7 cm³/mol. The molecule has 0 fully saturated rings. The fraction of sp³-hybridized carbons (Fsp3) is 0.750. The van der Waals surface area contributed by atoms with Gasteiger partial charge in [-0.25, -0.2) is 0 Å². The molecule has 126 valence electrons. The van der Waals surface area contributed by atoms with E-state index in [1.54, 1.807) is 0 Å². The van der Waals surface area contributed by atoms with Crippen LogP contribution in [0.15, 0.2) is 0 Å². The van der Waals surface area contributed by atoms with Gasteiger partial charge in [-0.15, -0.1) is 0 Å². The Hall–Kier alpha value is -1.72. The molecule has 0 heterocycles. The fourth-order valence-electron chi connectivity index (χ4n) is 2.09. The minimum Gasteiger partial charge on any atom is -0.481 e. The summed E-state index contributed by atoms with van der Waals surface area (Å²) in [6.45, 7) is 0. The number of carbonyl (C=O) groups excluding carboxylic acids is 2. The van der Waals surface area contributed by atoms with Crippen molar-refractivity contribution in [3.8, 4) is 0 Å². The van der Waals surface area contributed by atoms with Gasteiger partial charge in [0.25, 0.3) is 0 Å². The van der Waals surface area contributed by atoms with E-state index in [1.165, 1.54) is 0 Å². The van der Waals surface area contributed by atoms with E-state index in [0.717, 1.165) is 0 Å². The lowest BCUT2D eigenvalue weighted by Crippen LogP contribution is -2.02. The lowest BCUT2D eigenvalue weighted by molar-refractivity contribution is -0.138. The van der Waals surface area contributed by atoms with Crippen molar-refractivity contribution < 1.29 is 29.4 Å². The van der Waals surface area contributed by atoms with Crippen LogP contribution in [0.1, 0.15) is 77.0 Å². The second-order valence-corrected chi connectivity index (χ2v) is 5.49. The minimum atomic E-state index is -0.839. The average Bonchev–Trinajstić information content (AvgIpc) is 2.44. The van der Waals surface area contributed by atoms with Crippen molar-refractivity contribution in [1.29, 1.82) is 0 Å². The lowest BCUT2D eigenvalue weighted by atomic mass is 10.0. The lowest BCUT2D eigenvalue weighted by Gasteiger charge is -2.02. The molecule has 0 amide bonds. The summed E-state index contributed by atoms with van der Waals surface area (Å²) < 4.78 is 0. The number of carboxylic acid groups (broad SMARTS) is 2. The van der Waals surface area contributed by atoms with Crippen LogP contribution >= 0.6 is 0 Å². The second-order valence-electron chi connectivity index (χ2n) is 5.49. The van der Waals surface area contributed by atoms with Crippen LogP contribution in [-0.4, -0.2) is 33.7 Å². The second kappa shape index (κ2) is 13.0. The van der Waals surface area contributed by atoms with Gasteiger partial charge in [0.15, 0.2) is 0 Å². The summed E-state index contributed by atoms with van der Waals surface area (Å²) >= 11 is 0. The Kier molecular flexibility index (Phi) is 12.0. The summed E-state index contributed by atoms with van der Waals surface area (Å²) in [7, 11) is 0. The maximum atomic E-state index is 11.5. The molecule has 0 aliphatic carbocycles. The quantitative estimate of drug-likeness (QED) is 0.450. The Bertz CT molecular complexity index is 339. The van der Waals surface area contributed by atoms with Gasteiger partial charge in [0.1, 0.15) is 11.6 Å². The molecule has 0 bridgehead atoms. The van der Waals surface area contributed by atoms with Crippen LogP contribution in [0.2, 0.25) is 0 Å². The van der Waals surface area contributed by atoms with Crippen molar-refractivity contribution >= 4 is 23.5 Å². The molecule has 0 saturated carbocycles. The molecule has 0 aromatic heterocycles. The third-order valence-electron chi connectivity index (χ3n) is 3.35. The molecule has 0 aromatic rings. The number of hydrogen-bond donors (Lipinski definition) is 2. The largest absolute Gasteiger partial charge is 0.481 e. The van der Waals surface area contributed by atoms with Crippen LogP contribution in [0.3, 0.4) is 0 Å². The summed E-state index contributed by atoms with van der Waals surface area (Å²) in [5, 5.41) is 16.9. The molecular formula is C16H26O6. The van der Waals surface area contributed by atoms with E-state index in [4.69, 9.17) is 10.2 Å². The molecule has 0 radical (unpaired) electrons. The molecule has 0 rings (SSSR count). The maximum Gasteiger partial charge on any atom is 0.303 e. The van der Waals surface area contributed by atoms with Gasteiger partial charge in [-0.1, -0.05) is 0 Å². The Morgan fingerprint density at radius 3 is 0.909 bits per heavy atom. The van der Waals surface area contributed by atoms with Gasteiger partial charge in [-0.3, -0.25) is 19.2 Å². The smallest absolute Gasteiger partial charge is 0.303 e. The first-order valence-corrected chi connectivity index (χ1v) is 7.89. The number of hydrogen-bond acceptors (Lipinski definition) is 4. The van der Waals surface area contributed by atoms with E-state index in [2.05, 4.69) is 0 Å². The monoisotopic (exact) mass is 314 g/mol. The highest BCUT2D eigenvalue weighted by Crippen LogP contribution is 2.09. The molecule has 0 atom stereocenters. The summed E-state index contributed by atoms with van der Waals surface area (Å²) in [5.74, 6) is -1.43. The highest BCUT2D eigenvalue weighted by molar-refractivity contribution is 5.79. The molecule has 0 spiro atoms. The molecule has 0 aliphatic rings. The van der Waals surface area contributed by atoms with Crippen LogP contribution in [0.4, 0.5) is 0 Å². The van der Waals surface area contributed by atoms with E-state index in [0.29, 0.717) is 64.2 Å². The predicted octanol–water partition coefficient (Wildman–Crippen LogP) is 2.98. The zero-order valence-corrected chi connectivity index (χ0v) is 13.0. The van der Waals surface area contributed by atoms with Gasteiger partial charge < -0.3 is 10.2 Å². The molecule has 6 heteroatoms. The van der Waals surface area contributed by atoms with E-state index >= 15 is 0 Å². The molecular weight excluding hydrogens is 288 g/mol. The average molecular weight is 314 g/mol. The standard InChI is InChI=1S/C16H26O6/c17-13(9-3-5-11-15(19)20)7-1-2-8-14(18)10-4-6-12-16(21)22/h1-12H2,(H,19,20)(H,21,22). The van der Waals surface area contributed by atoms with Crippen LogP contribution in [0, 0.1) is 0 Å². The van der Waals surface area contributed by atoms with Crippen molar-refractivity contribution in [2.75, 3.05) is 0 Å². The number of carboxylic acids is 2. The van der Waals surface area contributed by atoms with E-state index in [1.807, 2.05) is 0 Å². The third-order valence-corrected chi connectivity index (χ3v) is 3.35. The first-order valence-electron chi connectivity index (χ1n) is 7.89. The molecule has 0 aromatic carbocycles. The van der Waals surface area contributed by atoms with Gasteiger partial charge in [0, 0.05) is 38.5 Å². The maximum absolute atomic E-state index is 11.5. The zero-order chi connectivity index (χ0) is 16.8. The molecule has 22 heavy (non-hydrogen) atoms. The first-order chi connectivity index (χ1) is 10.4. The number of aliphatic carboxylic acids is 2. The van der Waals surface area contributed by atoms with Crippen molar-refractivity contribution in [3.05, 3.63) is 0 Å². The highest BCUT2D eigenvalue weighted by Gasteiger charge is 2.06. The van der Waals surface area contributed by atoms with E-state index in [-0.39, 0.29) is 24.4 Å². The number of carbonyl (C=O) groups is 4. The van der Waals surface area contributed by atoms with Gasteiger partial charge in [-0.2, -0.15) is 0 Å². The van der Waals surface area contributed by atoms with Gasteiger partial charge in [0.05, 0.1) is 0 Å². The van der Waals surface area contributed by atoms with Crippen molar-refractivity contribution in [2.45, 2.75) is 77.0 Å². The molecule has 2 N–H and O–H groups in total. The molecule has 6 nitrogen and oxygen atoms in total. The third kappa shape index (κ3) is 14.7. The topological polar surface area (TPSA) is 109 Å². The summed E-state index contributed by atoms with van der Waals surface area (Å²) in [4.78, 5) is 43.6. The minimum absolute atomic E-state index is 0.101. The summed E-state index contributed by atoms with van der Waals surface area (Å²) in [5.41, 5.74) is 0. The molecule has 0 aliphatic heterocycles. The van der Waals surface area contributed by atoms with E-state index in [9.17, 15) is 19.2 Å². The number of rotatable bonds is 15. The van der Waals surface area contributed by atoms with Gasteiger partial charge in [-0.05, 0) is 38.5 Å². The van der Waals surface area contributed by atoms with Crippen LogP contribution in [-0.2, 0) is 19.2 Å². The van der Waals surface area contributed by atoms with Crippen LogP contribution < -0.4 is 0 Å². The Morgan fingerprint density at radius 1 is 0.455 bits per heavy atom. The SMILES string of the molecule is O=C(O)CCCCC(=O)CCCCC(=O)CCCCC(=O)O. The van der Waals surface area contributed by atoms with Crippen molar-refractivity contribution in [1.82, 2.24) is 0 Å². The van der Waals surface area contributed by atoms with Gasteiger partial charge >= 0.3 is 11.9 Å².